The van der Waals surface area contributed by atoms with Gasteiger partial charge >= 0.3 is 17.8 Å². The molecule has 45 heavy (non-hydrogen) atoms. The number of hydrogen-bond acceptors (Lipinski definition) is 9. The van der Waals surface area contributed by atoms with Crippen LogP contribution in [0, 0.1) is 0 Å². The first-order valence-corrected chi connectivity index (χ1v) is 15.3. The van der Waals surface area contributed by atoms with Crippen molar-refractivity contribution in [2.45, 2.75) is 50.3 Å². The molecule has 1 saturated carbocycles. The number of carbonyl (C=O) groups excluding carboxylic acids is 3. The van der Waals surface area contributed by atoms with Crippen LogP contribution in [0.3, 0.4) is 0 Å². The molecule has 3 aliphatic rings. The SMILES string of the molecule is O=C(O)[C@H](Cc1ccc(N2CCN(C3CCC(O)CC3)CC2=O)cc1)N1CCN(c2cc(Cl)ccc2-n2cnnn2)C(=O)C1=O. The number of rotatable bonds is 8. The van der Waals surface area contributed by atoms with Crippen molar-refractivity contribution in [1.82, 2.24) is 30.0 Å². The summed E-state index contributed by atoms with van der Waals surface area (Å²) in [5.41, 5.74) is 2.12. The lowest BCUT2D eigenvalue weighted by Crippen LogP contribution is -2.59. The third-order valence-corrected chi connectivity index (χ3v) is 9.08. The second-order valence-electron chi connectivity index (χ2n) is 11.5. The number of amides is 3. The zero-order valence-corrected chi connectivity index (χ0v) is 25.2. The van der Waals surface area contributed by atoms with Crippen molar-refractivity contribution in [2.75, 3.05) is 42.5 Å². The van der Waals surface area contributed by atoms with Crippen LogP contribution in [0.5, 0.6) is 0 Å². The summed E-state index contributed by atoms with van der Waals surface area (Å²) in [6, 6.07) is 10.9. The number of anilines is 2. The number of carboxylic acids is 1. The van der Waals surface area contributed by atoms with E-state index >= 15 is 0 Å². The summed E-state index contributed by atoms with van der Waals surface area (Å²) in [4.78, 5) is 58.3. The second-order valence-corrected chi connectivity index (χ2v) is 12.0. The van der Waals surface area contributed by atoms with E-state index in [1.807, 2.05) is 0 Å². The van der Waals surface area contributed by atoms with Crippen molar-refractivity contribution < 1.29 is 29.4 Å². The molecule has 0 radical (unpaired) electrons. The van der Waals surface area contributed by atoms with Crippen molar-refractivity contribution in [1.29, 1.82) is 0 Å². The van der Waals surface area contributed by atoms with Gasteiger partial charge < -0.3 is 24.9 Å². The average molecular weight is 637 g/mol. The fraction of sp³-hybridized carbons (Fsp3) is 0.433. The van der Waals surface area contributed by atoms with Gasteiger partial charge in [-0.1, -0.05) is 23.7 Å². The Morgan fingerprint density at radius 3 is 2.31 bits per heavy atom. The van der Waals surface area contributed by atoms with E-state index in [0.717, 1.165) is 37.1 Å². The van der Waals surface area contributed by atoms with Crippen molar-refractivity contribution in [3.63, 3.8) is 0 Å². The van der Waals surface area contributed by atoms with E-state index in [4.69, 9.17) is 11.6 Å². The number of aliphatic hydroxyl groups is 1. The molecular formula is C30H33ClN8O6. The standard InChI is InChI=1S/C30H33ClN8O6/c31-20-3-10-24(39-18-32-33-34-39)25(16-20)37-13-14-38(29(43)28(37)42)26(30(44)45)15-19-1-4-22(5-2-19)36-12-11-35(17-27(36)41)21-6-8-23(40)9-7-21/h1-5,10,16,18,21,23,26,40H,6-9,11-15,17H2,(H,44,45)/t21?,23?,26-/m0/s1. The average Bonchev–Trinajstić information content (AvgIpc) is 3.57. The molecule has 0 bridgehead atoms. The number of aliphatic hydroxyl groups excluding tert-OH is 1. The third kappa shape index (κ3) is 6.39. The van der Waals surface area contributed by atoms with E-state index in [-0.39, 0.29) is 31.5 Å². The molecule has 3 aromatic rings. The number of carboxylic acid groups (broad SMARTS) is 1. The highest BCUT2D eigenvalue weighted by molar-refractivity contribution is 6.41. The quantitative estimate of drug-likeness (QED) is 0.343. The molecule has 3 heterocycles. The number of halogens is 1. The van der Waals surface area contributed by atoms with Crippen molar-refractivity contribution in [2.24, 2.45) is 0 Å². The van der Waals surface area contributed by atoms with Gasteiger partial charge in [-0.2, -0.15) is 4.68 Å². The number of hydrogen-bond donors (Lipinski definition) is 2. The summed E-state index contributed by atoms with van der Waals surface area (Å²) < 4.78 is 1.34. The van der Waals surface area contributed by atoms with Crippen LogP contribution in [-0.4, -0.2) is 115 Å². The molecule has 1 atom stereocenters. The number of aromatic nitrogens is 4. The highest BCUT2D eigenvalue weighted by atomic mass is 35.5. The first-order chi connectivity index (χ1) is 21.7. The third-order valence-electron chi connectivity index (χ3n) is 8.85. The summed E-state index contributed by atoms with van der Waals surface area (Å²) in [5.74, 6) is -3.06. The zero-order chi connectivity index (χ0) is 31.7. The molecule has 2 aliphatic heterocycles. The molecule has 2 N–H and O–H groups in total. The first-order valence-electron chi connectivity index (χ1n) is 14.9. The predicted octanol–water partition coefficient (Wildman–Crippen LogP) is 1.14. The van der Waals surface area contributed by atoms with Gasteiger partial charge in [-0.15, -0.1) is 5.10 Å². The lowest BCUT2D eigenvalue weighted by molar-refractivity contribution is -0.155. The van der Waals surface area contributed by atoms with Crippen molar-refractivity contribution >= 4 is 46.7 Å². The minimum Gasteiger partial charge on any atom is -0.480 e. The molecule has 0 unspecified atom stereocenters. The highest BCUT2D eigenvalue weighted by Gasteiger charge is 2.41. The Kier molecular flexibility index (Phi) is 8.79. The number of nitrogens with zero attached hydrogens (tertiary/aromatic N) is 8. The number of piperazine rings is 2. The predicted molar refractivity (Wildman–Crippen MR) is 162 cm³/mol. The van der Waals surface area contributed by atoms with Crippen LogP contribution in [0.2, 0.25) is 5.02 Å². The van der Waals surface area contributed by atoms with E-state index in [1.165, 1.54) is 22.0 Å². The maximum Gasteiger partial charge on any atom is 0.326 e. The number of carbonyl (C=O) groups is 4. The summed E-state index contributed by atoms with van der Waals surface area (Å²) in [7, 11) is 0. The minimum absolute atomic E-state index is 0.00606. The zero-order valence-electron chi connectivity index (χ0n) is 24.4. The van der Waals surface area contributed by atoms with Gasteiger partial charge in [-0.05, 0) is 72.0 Å². The Hall–Kier alpha value is -4.40. The van der Waals surface area contributed by atoms with E-state index in [2.05, 4.69) is 20.4 Å². The Balaban J connectivity index is 1.11. The topological polar surface area (TPSA) is 165 Å². The number of aliphatic carboxylic acids is 1. The Labute approximate surface area is 263 Å². The van der Waals surface area contributed by atoms with Crippen LogP contribution in [0.1, 0.15) is 31.2 Å². The van der Waals surface area contributed by atoms with Gasteiger partial charge in [0, 0.05) is 49.4 Å². The molecule has 2 aromatic carbocycles. The van der Waals surface area contributed by atoms with Gasteiger partial charge in [0.15, 0.2) is 0 Å². The molecule has 3 fully saturated rings. The maximum absolute atomic E-state index is 13.3. The van der Waals surface area contributed by atoms with Gasteiger partial charge in [0.25, 0.3) is 0 Å². The van der Waals surface area contributed by atoms with Crippen LogP contribution in [0.15, 0.2) is 48.8 Å². The summed E-state index contributed by atoms with van der Waals surface area (Å²) in [6.45, 7) is 1.62. The van der Waals surface area contributed by atoms with Crippen LogP contribution >= 0.6 is 11.6 Å². The van der Waals surface area contributed by atoms with Crippen LogP contribution in [-0.2, 0) is 25.6 Å². The molecule has 0 spiro atoms. The molecule has 236 valence electrons. The molecule has 14 nitrogen and oxygen atoms in total. The monoisotopic (exact) mass is 636 g/mol. The summed E-state index contributed by atoms with van der Waals surface area (Å²) >= 11 is 6.20. The largest absolute Gasteiger partial charge is 0.480 e. The first kappa shape index (κ1) is 30.6. The normalized spacial score (nSPS) is 22.2. The van der Waals surface area contributed by atoms with E-state index < -0.39 is 23.8 Å². The smallest absolute Gasteiger partial charge is 0.326 e. The van der Waals surface area contributed by atoms with E-state index in [9.17, 15) is 29.4 Å². The fourth-order valence-electron chi connectivity index (χ4n) is 6.42. The lowest BCUT2D eigenvalue weighted by atomic mass is 9.91. The molecular weight excluding hydrogens is 604 g/mol. The summed E-state index contributed by atoms with van der Waals surface area (Å²) in [5, 5.41) is 31.3. The van der Waals surface area contributed by atoms with Gasteiger partial charge in [-0.25, -0.2) is 4.79 Å². The van der Waals surface area contributed by atoms with Gasteiger partial charge in [0.05, 0.1) is 24.0 Å². The number of tetrazole rings is 1. The van der Waals surface area contributed by atoms with E-state index in [0.29, 0.717) is 46.8 Å². The second kappa shape index (κ2) is 12.9. The molecule has 2 saturated heterocycles. The van der Waals surface area contributed by atoms with Crippen molar-refractivity contribution in [3.8, 4) is 5.69 Å². The van der Waals surface area contributed by atoms with Gasteiger partial charge in [-0.3, -0.25) is 19.3 Å². The molecule has 1 aromatic heterocycles. The fourth-order valence-corrected chi connectivity index (χ4v) is 6.59. The van der Waals surface area contributed by atoms with Crippen molar-refractivity contribution in [3.05, 3.63) is 59.4 Å². The molecule has 3 amide bonds. The molecule has 15 heteroatoms. The summed E-state index contributed by atoms with van der Waals surface area (Å²) in [6.07, 6.45) is 4.39. The van der Waals surface area contributed by atoms with Crippen LogP contribution in [0.25, 0.3) is 5.69 Å². The Bertz CT molecular complexity index is 1580. The minimum atomic E-state index is -1.27. The van der Waals surface area contributed by atoms with Crippen LogP contribution in [0.4, 0.5) is 11.4 Å². The highest BCUT2D eigenvalue weighted by Crippen LogP contribution is 2.30. The number of benzene rings is 2. The Morgan fingerprint density at radius 2 is 1.64 bits per heavy atom. The Morgan fingerprint density at radius 1 is 0.911 bits per heavy atom. The maximum atomic E-state index is 13.3. The van der Waals surface area contributed by atoms with Gasteiger partial charge in [0.2, 0.25) is 5.91 Å². The molecule has 6 rings (SSSR count). The van der Waals surface area contributed by atoms with Gasteiger partial charge in [0.1, 0.15) is 12.4 Å². The van der Waals surface area contributed by atoms with Crippen LogP contribution < -0.4 is 9.80 Å². The molecule has 1 aliphatic carbocycles. The van der Waals surface area contributed by atoms with E-state index in [1.54, 1.807) is 41.3 Å². The lowest BCUT2D eigenvalue weighted by Gasteiger charge is -2.41.